The van der Waals surface area contributed by atoms with Gasteiger partial charge in [-0.2, -0.15) is 8.42 Å². The number of rotatable bonds is 13. The minimum atomic E-state index is -3.93. The van der Waals surface area contributed by atoms with Crippen molar-refractivity contribution >= 4 is 16.0 Å². The van der Waals surface area contributed by atoms with Crippen LogP contribution in [0.2, 0.25) is 0 Å². The lowest BCUT2D eigenvalue weighted by Gasteiger charge is -2.30. The van der Waals surface area contributed by atoms with Gasteiger partial charge in [0.15, 0.2) is 0 Å². The van der Waals surface area contributed by atoms with E-state index in [4.69, 9.17) is 15.8 Å². The highest BCUT2D eigenvalue weighted by molar-refractivity contribution is 7.85. The van der Waals surface area contributed by atoms with Gasteiger partial charge in [-0.15, -0.1) is 0 Å². The number of carbonyl (C=O) groups is 1. The van der Waals surface area contributed by atoms with Crippen LogP contribution in [0, 0.1) is 0 Å². The molecule has 140 valence electrons. The van der Waals surface area contributed by atoms with E-state index in [0.717, 1.165) is 0 Å². The molecule has 0 radical (unpaired) electrons. The van der Waals surface area contributed by atoms with Gasteiger partial charge < -0.3 is 15.5 Å². The van der Waals surface area contributed by atoms with Crippen LogP contribution in [0.1, 0.15) is 25.7 Å². The van der Waals surface area contributed by atoms with Crippen molar-refractivity contribution in [3.05, 3.63) is 10.4 Å². The van der Waals surface area contributed by atoms with Crippen LogP contribution in [0.15, 0.2) is 5.11 Å². The standard InChI is InChI=1S/C13H28N6O4S/c1-19(2,9-5-11-24(21,22)23)10-8-16-13(20)12(14)6-3-4-7-17-18-15/h12H,3-11,14H2,1-2H3,(H-,16,20,21,22,23)/p+1/t12-/m0/s1. The quantitative estimate of drug-likeness (QED) is 0.106. The summed E-state index contributed by atoms with van der Waals surface area (Å²) >= 11 is 0. The van der Waals surface area contributed by atoms with E-state index in [2.05, 4.69) is 15.3 Å². The van der Waals surface area contributed by atoms with Crippen LogP contribution in [0.5, 0.6) is 0 Å². The Balaban J connectivity index is 3.93. The Bertz CT molecular complexity index is 531. The third kappa shape index (κ3) is 13.1. The van der Waals surface area contributed by atoms with Gasteiger partial charge in [0.1, 0.15) is 0 Å². The number of likely N-dealkylation sites (N-methyl/N-ethyl adjacent to an activating group) is 1. The van der Waals surface area contributed by atoms with Gasteiger partial charge in [0, 0.05) is 17.9 Å². The van der Waals surface area contributed by atoms with E-state index in [1.165, 1.54) is 0 Å². The molecule has 4 N–H and O–H groups in total. The Hall–Kier alpha value is -1.39. The van der Waals surface area contributed by atoms with Gasteiger partial charge in [-0.3, -0.25) is 9.35 Å². The maximum atomic E-state index is 11.9. The summed E-state index contributed by atoms with van der Waals surface area (Å²) in [7, 11) is -0.0845. The summed E-state index contributed by atoms with van der Waals surface area (Å²) in [6.45, 7) is 2.03. The molecule has 0 heterocycles. The van der Waals surface area contributed by atoms with Gasteiger partial charge in [-0.1, -0.05) is 11.5 Å². The molecule has 0 aromatic heterocycles. The second kappa shape index (κ2) is 11.2. The Kier molecular flexibility index (Phi) is 10.6. The predicted octanol–water partition coefficient (Wildman–Crippen LogP) is 0.265. The lowest BCUT2D eigenvalue weighted by molar-refractivity contribution is -0.889. The van der Waals surface area contributed by atoms with E-state index in [9.17, 15) is 13.2 Å². The number of unbranched alkanes of at least 4 members (excludes halogenated alkanes) is 1. The number of nitrogens with one attached hydrogen (secondary N) is 1. The molecule has 0 aliphatic carbocycles. The molecule has 0 rings (SSSR count). The molecular weight excluding hydrogens is 336 g/mol. The maximum Gasteiger partial charge on any atom is 0.265 e. The highest BCUT2D eigenvalue weighted by Gasteiger charge is 2.18. The largest absolute Gasteiger partial charge is 0.349 e. The fraction of sp³-hybridized carbons (Fsp3) is 0.923. The minimum absolute atomic E-state index is 0.225. The Morgan fingerprint density at radius 1 is 1.33 bits per heavy atom. The number of nitrogens with two attached hydrogens (primary N) is 1. The molecule has 0 fully saturated rings. The Morgan fingerprint density at radius 2 is 2.00 bits per heavy atom. The monoisotopic (exact) mass is 365 g/mol. The van der Waals surface area contributed by atoms with Crippen molar-refractivity contribution < 1.29 is 22.2 Å². The van der Waals surface area contributed by atoms with Gasteiger partial charge in [0.2, 0.25) is 5.91 Å². The van der Waals surface area contributed by atoms with Crippen LogP contribution in [0.25, 0.3) is 10.4 Å². The third-order valence-corrected chi connectivity index (χ3v) is 4.41. The van der Waals surface area contributed by atoms with Crippen molar-refractivity contribution in [2.45, 2.75) is 31.7 Å². The van der Waals surface area contributed by atoms with Gasteiger partial charge in [0.25, 0.3) is 10.1 Å². The number of azide groups is 1. The van der Waals surface area contributed by atoms with Crippen molar-refractivity contribution in [2.24, 2.45) is 10.8 Å². The lowest BCUT2D eigenvalue weighted by Crippen LogP contribution is -2.48. The average molecular weight is 365 g/mol. The van der Waals surface area contributed by atoms with E-state index in [-0.39, 0.29) is 11.7 Å². The normalized spacial score (nSPS) is 13.2. The molecule has 11 heteroatoms. The molecule has 1 amide bonds. The molecule has 0 spiro atoms. The first kappa shape index (κ1) is 22.6. The first-order chi connectivity index (χ1) is 11.1. The van der Waals surface area contributed by atoms with Gasteiger partial charge in [0.05, 0.1) is 45.5 Å². The van der Waals surface area contributed by atoms with Crippen LogP contribution in [0.3, 0.4) is 0 Å². The Morgan fingerprint density at radius 3 is 2.58 bits per heavy atom. The Labute approximate surface area is 143 Å². The second-order valence-corrected chi connectivity index (χ2v) is 7.94. The van der Waals surface area contributed by atoms with Crippen molar-refractivity contribution in [3.8, 4) is 0 Å². The predicted molar refractivity (Wildman–Crippen MR) is 91.7 cm³/mol. The van der Waals surface area contributed by atoms with Crippen molar-refractivity contribution in [3.63, 3.8) is 0 Å². The lowest BCUT2D eigenvalue weighted by atomic mass is 10.1. The topological polar surface area (TPSA) is 158 Å². The summed E-state index contributed by atoms with van der Waals surface area (Å²) in [6, 6.07) is -0.591. The van der Waals surface area contributed by atoms with Crippen LogP contribution >= 0.6 is 0 Å². The summed E-state index contributed by atoms with van der Waals surface area (Å²) in [5.41, 5.74) is 13.9. The fourth-order valence-electron chi connectivity index (χ4n) is 2.12. The first-order valence-corrected chi connectivity index (χ1v) is 9.49. The zero-order chi connectivity index (χ0) is 18.6. The van der Waals surface area contributed by atoms with E-state index in [0.29, 0.717) is 56.3 Å². The molecule has 24 heavy (non-hydrogen) atoms. The number of carbonyl (C=O) groups excluding carboxylic acids is 1. The highest BCUT2D eigenvalue weighted by Crippen LogP contribution is 2.02. The first-order valence-electron chi connectivity index (χ1n) is 7.89. The molecule has 0 saturated heterocycles. The molecule has 0 unspecified atom stereocenters. The third-order valence-electron chi connectivity index (χ3n) is 3.61. The van der Waals surface area contributed by atoms with Crippen LogP contribution in [0.4, 0.5) is 0 Å². The second-order valence-electron chi connectivity index (χ2n) is 6.37. The smallest absolute Gasteiger partial charge is 0.265 e. The molecule has 10 nitrogen and oxygen atoms in total. The summed E-state index contributed by atoms with van der Waals surface area (Å²) in [5.74, 6) is -0.487. The maximum absolute atomic E-state index is 11.9. The number of hydrogen-bond donors (Lipinski definition) is 3. The van der Waals surface area contributed by atoms with E-state index < -0.39 is 16.2 Å². The molecule has 0 aromatic rings. The number of nitrogens with zero attached hydrogens (tertiary/aromatic N) is 4. The molecular formula is C13H29N6O4S+. The zero-order valence-corrected chi connectivity index (χ0v) is 15.2. The molecule has 0 aliphatic heterocycles. The summed E-state index contributed by atoms with van der Waals surface area (Å²) < 4.78 is 30.6. The van der Waals surface area contributed by atoms with E-state index in [1.54, 1.807) is 0 Å². The molecule has 0 saturated carbocycles. The fourth-order valence-corrected chi connectivity index (χ4v) is 2.62. The van der Waals surface area contributed by atoms with Crippen LogP contribution in [-0.4, -0.2) is 75.4 Å². The van der Waals surface area contributed by atoms with Crippen molar-refractivity contribution in [1.29, 1.82) is 0 Å². The zero-order valence-electron chi connectivity index (χ0n) is 14.4. The van der Waals surface area contributed by atoms with Gasteiger partial charge in [-0.25, -0.2) is 0 Å². The number of quaternary nitrogens is 1. The van der Waals surface area contributed by atoms with E-state index >= 15 is 0 Å². The summed E-state index contributed by atoms with van der Waals surface area (Å²) in [5, 5.41) is 6.18. The van der Waals surface area contributed by atoms with Crippen molar-refractivity contribution in [2.75, 3.05) is 46.0 Å². The number of amides is 1. The molecule has 1 atom stereocenters. The minimum Gasteiger partial charge on any atom is -0.349 e. The SMILES string of the molecule is C[N+](C)(CCCS(=O)(=O)O)CCNC(=O)[C@@H](N)CCCCN=[N+]=[N-]. The molecule has 0 bridgehead atoms. The van der Waals surface area contributed by atoms with Crippen LogP contribution < -0.4 is 11.1 Å². The van der Waals surface area contributed by atoms with Gasteiger partial charge >= 0.3 is 0 Å². The highest BCUT2D eigenvalue weighted by atomic mass is 32.2. The number of hydrogen-bond acceptors (Lipinski definition) is 5. The summed E-state index contributed by atoms with van der Waals surface area (Å²) in [6.07, 6.45) is 2.29. The van der Waals surface area contributed by atoms with E-state index in [1.807, 2.05) is 14.1 Å². The molecule has 0 aromatic carbocycles. The van der Waals surface area contributed by atoms with Crippen LogP contribution in [-0.2, 0) is 14.9 Å². The average Bonchev–Trinajstić information content (AvgIpc) is 2.44. The summed E-state index contributed by atoms with van der Waals surface area (Å²) in [4.78, 5) is 14.5. The van der Waals surface area contributed by atoms with Gasteiger partial charge in [-0.05, 0) is 18.4 Å². The molecule has 0 aliphatic rings. The van der Waals surface area contributed by atoms with Crippen molar-refractivity contribution in [1.82, 2.24) is 5.32 Å².